The molecule has 0 radical (unpaired) electrons. The topological polar surface area (TPSA) is 78.9 Å². The van der Waals surface area contributed by atoms with Gasteiger partial charge in [-0.05, 0) is 141 Å². The first-order valence-corrected chi connectivity index (χ1v) is 31.0. The van der Waals surface area contributed by atoms with E-state index in [0.29, 0.717) is 19.3 Å². The minimum absolute atomic E-state index is 0.104. The van der Waals surface area contributed by atoms with Crippen molar-refractivity contribution in [3.63, 3.8) is 0 Å². The van der Waals surface area contributed by atoms with Gasteiger partial charge in [-0.15, -0.1) is 0 Å². The molecule has 0 bridgehead atoms. The maximum atomic E-state index is 12.9. The van der Waals surface area contributed by atoms with Gasteiger partial charge in [0.25, 0.3) is 0 Å². The molecule has 0 amide bonds. The van der Waals surface area contributed by atoms with Crippen molar-refractivity contribution < 1.29 is 28.6 Å². The fourth-order valence-electron chi connectivity index (χ4n) is 7.98. The Labute approximate surface area is 473 Å². The Bertz CT molecular complexity index is 1740. The van der Waals surface area contributed by atoms with Gasteiger partial charge in [-0.3, -0.25) is 14.4 Å². The molecule has 1 atom stereocenters. The van der Waals surface area contributed by atoms with E-state index in [2.05, 4.69) is 179 Å². The molecule has 0 aliphatic heterocycles. The quantitative estimate of drug-likeness (QED) is 0.0261. The summed E-state index contributed by atoms with van der Waals surface area (Å²) >= 11 is 0. The predicted octanol–water partition coefficient (Wildman–Crippen LogP) is 21.3. The number of ether oxygens (including phenoxy) is 3. The van der Waals surface area contributed by atoms with E-state index in [4.69, 9.17) is 14.2 Å². The number of esters is 3. The Hall–Kier alpha value is -4.97. The molecule has 1 unspecified atom stereocenters. The highest BCUT2D eigenvalue weighted by Gasteiger charge is 2.19. The average Bonchev–Trinajstić information content (AvgIpc) is 3.43. The van der Waals surface area contributed by atoms with E-state index in [-0.39, 0.29) is 31.1 Å². The first-order valence-electron chi connectivity index (χ1n) is 31.0. The van der Waals surface area contributed by atoms with Crippen LogP contribution in [0, 0.1) is 0 Å². The number of allylic oxidation sites excluding steroid dienone is 26. The van der Waals surface area contributed by atoms with Crippen LogP contribution in [0.4, 0.5) is 0 Å². The second-order valence-electron chi connectivity index (χ2n) is 19.8. The number of hydrogen-bond donors (Lipinski definition) is 0. The van der Waals surface area contributed by atoms with Crippen molar-refractivity contribution in [2.75, 3.05) is 13.2 Å². The lowest BCUT2D eigenvalue weighted by Gasteiger charge is -2.18. The van der Waals surface area contributed by atoms with Crippen LogP contribution in [0.2, 0.25) is 0 Å². The molecule has 0 N–H and O–H groups in total. The zero-order valence-electron chi connectivity index (χ0n) is 49.4. The largest absolute Gasteiger partial charge is 0.462 e. The van der Waals surface area contributed by atoms with Crippen LogP contribution in [0.15, 0.2) is 158 Å². The summed E-state index contributed by atoms with van der Waals surface area (Å²) in [6, 6.07) is 0. The molecule has 0 rings (SSSR count). The molecule has 0 aromatic rings. The number of hydrogen-bond acceptors (Lipinski definition) is 6. The van der Waals surface area contributed by atoms with Crippen LogP contribution in [-0.4, -0.2) is 37.2 Å². The summed E-state index contributed by atoms with van der Waals surface area (Å²) < 4.78 is 16.9. The molecule has 0 saturated carbocycles. The van der Waals surface area contributed by atoms with Gasteiger partial charge in [0.1, 0.15) is 13.2 Å². The summed E-state index contributed by atoms with van der Waals surface area (Å²) in [5.41, 5.74) is 0. The summed E-state index contributed by atoms with van der Waals surface area (Å²) in [6.07, 6.45) is 92.3. The van der Waals surface area contributed by atoms with Gasteiger partial charge in [0.2, 0.25) is 0 Å². The van der Waals surface area contributed by atoms with Gasteiger partial charge in [0, 0.05) is 19.3 Å². The smallest absolute Gasteiger partial charge is 0.306 e. The van der Waals surface area contributed by atoms with E-state index >= 15 is 0 Å². The van der Waals surface area contributed by atoms with Crippen molar-refractivity contribution in [1.29, 1.82) is 0 Å². The molecular weight excluding hydrogens is 949 g/mol. The van der Waals surface area contributed by atoms with Gasteiger partial charge in [0.15, 0.2) is 6.10 Å². The molecular formula is C71H112O6. The Morgan fingerprint density at radius 2 is 0.468 bits per heavy atom. The Kier molecular flexibility index (Phi) is 59.5. The lowest BCUT2D eigenvalue weighted by molar-refractivity contribution is -0.167. The van der Waals surface area contributed by atoms with Crippen LogP contribution >= 0.6 is 0 Å². The first kappa shape index (κ1) is 72.0. The zero-order chi connectivity index (χ0) is 55.7. The van der Waals surface area contributed by atoms with Crippen molar-refractivity contribution in [3.05, 3.63) is 158 Å². The van der Waals surface area contributed by atoms with Crippen LogP contribution in [0.1, 0.15) is 252 Å². The van der Waals surface area contributed by atoms with Crippen molar-refractivity contribution in [1.82, 2.24) is 0 Å². The van der Waals surface area contributed by atoms with E-state index in [0.717, 1.165) is 186 Å². The SMILES string of the molecule is CC/C=C\C/C=C\C/C=C\C/C=C\C/C=C\C/C=C\CCCCCCCCC(=O)OCC(COC(=O)CCCCCCC/C=C\C/C=C\C/C=C\CC)OC(=O)CCCCCCCC/C=C\C/C=C\C/C=C\C/C=C\CC. The Morgan fingerprint density at radius 1 is 0.260 bits per heavy atom. The molecule has 0 aliphatic carbocycles. The number of unbranched alkanes of at least 4 members (excludes halogenated alkanes) is 17. The molecule has 0 aromatic carbocycles. The summed E-state index contributed by atoms with van der Waals surface area (Å²) in [7, 11) is 0. The average molecular weight is 1060 g/mol. The monoisotopic (exact) mass is 1060 g/mol. The lowest BCUT2D eigenvalue weighted by Crippen LogP contribution is -2.30. The molecule has 0 fully saturated rings. The first-order chi connectivity index (χ1) is 38.0. The molecule has 6 nitrogen and oxygen atoms in total. The van der Waals surface area contributed by atoms with Crippen molar-refractivity contribution in [2.45, 2.75) is 258 Å². The van der Waals surface area contributed by atoms with E-state index in [1.165, 1.54) is 25.7 Å². The lowest BCUT2D eigenvalue weighted by atomic mass is 10.1. The third-order valence-electron chi connectivity index (χ3n) is 12.5. The van der Waals surface area contributed by atoms with Gasteiger partial charge in [-0.25, -0.2) is 0 Å². The summed E-state index contributed by atoms with van der Waals surface area (Å²) in [4.78, 5) is 38.3. The fraction of sp³-hybridized carbons (Fsp3) is 0.592. The van der Waals surface area contributed by atoms with Crippen LogP contribution < -0.4 is 0 Å². The molecule has 0 saturated heterocycles. The van der Waals surface area contributed by atoms with E-state index in [9.17, 15) is 14.4 Å². The standard InChI is InChI=1S/C71H112O6/c1-4-7-10-13-16-19-22-25-28-30-32-33-34-35-36-37-39-40-43-46-49-52-55-58-61-64-70(73)76-67-68(66-75-69(72)63-60-57-54-51-48-45-42-27-24-21-18-15-12-9-6-3)77-71(74)65-62-59-56-53-50-47-44-41-38-31-29-26-23-20-17-14-11-8-5-2/h7-12,16-21,25-29,32-33,35-36,38-42,68H,4-6,13-15,22-24,30-31,34,37,43-67H2,1-3H3/b10-7-,11-8-,12-9-,19-16-,20-17-,21-18-,28-25-,29-26-,33-32-,36-35-,40-39-,41-38-,42-27-. The molecule has 432 valence electrons. The fourth-order valence-corrected chi connectivity index (χ4v) is 7.98. The second kappa shape index (κ2) is 63.6. The van der Waals surface area contributed by atoms with Gasteiger partial charge in [-0.1, -0.05) is 249 Å². The number of rotatable bonds is 54. The third kappa shape index (κ3) is 61.8. The summed E-state index contributed by atoms with van der Waals surface area (Å²) in [5.74, 6) is -0.953. The number of carbonyl (C=O) groups is 3. The molecule has 0 spiro atoms. The maximum Gasteiger partial charge on any atom is 0.306 e. The minimum Gasteiger partial charge on any atom is -0.462 e. The molecule has 0 aliphatic rings. The molecule has 77 heavy (non-hydrogen) atoms. The molecule has 0 aromatic heterocycles. The minimum atomic E-state index is -0.809. The van der Waals surface area contributed by atoms with Gasteiger partial charge in [0.05, 0.1) is 0 Å². The van der Waals surface area contributed by atoms with E-state index < -0.39 is 6.10 Å². The van der Waals surface area contributed by atoms with Gasteiger partial charge < -0.3 is 14.2 Å². The van der Waals surface area contributed by atoms with Crippen molar-refractivity contribution >= 4 is 17.9 Å². The Balaban J connectivity index is 4.47. The van der Waals surface area contributed by atoms with Gasteiger partial charge >= 0.3 is 17.9 Å². The second-order valence-corrected chi connectivity index (χ2v) is 19.8. The predicted molar refractivity (Wildman–Crippen MR) is 334 cm³/mol. The van der Waals surface area contributed by atoms with Crippen LogP contribution in [-0.2, 0) is 28.6 Å². The normalized spacial score (nSPS) is 13.2. The number of carbonyl (C=O) groups excluding carboxylic acids is 3. The third-order valence-corrected chi connectivity index (χ3v) is 12.5. The van der Waals surface area contributed by atoms with E-state index in [1.54, 1.807) is 0 Å². The summed E-state index contributed by atoms with van der Waals surface area (Å²) in [5, 5.41) is 0. The van der Waals surface area contributed by atoms with Crippen LogP contribution in [0.5, 0.6) is 0 Å². The highest BCUT2D eigenvalue weighted by atomic mass is 16.6. The van der Waals surface area contributed by atoms with E-state index in [1.807, 2.05) is 0 Å². The molecule has 6 heteroatoms. The van der Waals surface area contributed by atoms with Gasteiger partial charge in [-0.2, -0.15) is 0 Å². The maximum absolute atomic E-state index is 12.9. The highest BCUT2D eigenvalue weighted by Crippen LogP contribution is 2.14. The van der Waals surface area contributed by atoms with Crippen molar-refractivity contribution in [3.8, 4) is 0 Å². The Morgan fingerprint density at radius 3 is 0.727 bits per heavy atom. The van der Waals surface area contributed by atoms with Crippen LogP contribution in [0.25, 0.3) is 0 Å². The zero-order valence-corrected chi connectivity index (χ0v) is 49.4. The summed E-state index contributed by atoms with van der Waals surface area (Å²) in [6.45, 7) is 6.26. The van der Waals surface area contributed by atoms with Crippen LogP contribution in [0.3, 0.4) is 0 Å². The highest BCUT2D eigenvalue weighted by molar-refractivity contribution is 5.71. The molecule has 0 heterocycles. The van der Waals surface area contributed by atoms with Crippen molar-refractivity contribution in [2.24, 2.45) is 0 Å².